The molecule has 0 saturated carbocycles. The Labute approximate surface area is 203 Å². The van der Waals surface area contributed by atoms with Crippen molar-refractivity contribution in [1.82, 2.24) is 5.43 Å². The Hall–Kier alpha value is -2.42. The zero-order valence-corrected chi connectivity index (χ0v) is 20.7. The van der Waals surface area contributed by atoms with Crippen LogP contribution < -0.4 is 10.2 Å². The highest BCUT2D eigenvalue weighted by Gasteiger charge is 2.14. The third kappa shape index (κ3) is 5.44. The summed E-state index contributed by atoms with van der Waals surface area (Å²) >= 11 is 10.3. The number of ether oxygens (including phenoxy) is 1. The lowest BCUT2D eigenvalue weighted by Crippen LogP contribution is -2.16. The van der Waals surface area contributed by atoms with E-state index in [1.165, 1.54) is 0 Å². The second kappa shape index (κ2) is 9.80. The average molecular weight is 607 g/mol. The van der Waals surface area contributed by atoms with E-state index < -0.39 is 5.91 Å². The molecule has 0 aliphatic carbocycles. The zero-order chi connectivity index (χ0) is 21.8. The van der Waals surface area contributed by atoms with E-state index in [9.17, 15) is 4.79 Å². The van der Waals surface area contributed by atoms with Crippen LogP contribution in [-0.4, -0.2) is 12.1 Å². The van der Waals surface area contributed by atoms with Gasteiger partial charge in [0.15, 0.2) is 5.76 Å². The molecule has 5 nitrogen and oxygen atoms in total. The number of carbonyl (C=O) groups is 1. The first-order valence-corrected chi connectivity index (χ1v) is 11.6. The summed E-state index contributed by atoms with van der Waals surface area (Å²) in [6, 6.07) is 20.8. The minimum Gasteiger partial charge on any atom is -0.488 e. The van der Waals surface area contributed by atoms with Crippen LogP contribution in [0.15, 0.2) is 89.7 Å². The molecule has 0 unspecified atom stereocenters. The van der Waals surface area contributed by atoms with Gasteiger partial charge in [-0.05, 0) is 64.0 Å². The average Bonchev–Trinajstić information content (AvgIpc) is 3.19. The highest BCUT2D eigenvalue weighted by atomic mass is 79.9. The van der Waals surface area contributed by atoms with Crippen LogP contribution in [0.5, 0.6) is 5.75 Å². The highest BCUT2D eigenvalue weighted by molar-refractivity contribution is 9.11. The predicted molar refractivity (Wildman–Crippen MR) is 132 cm³/mol. The van der Waals surface area contributed by atoms with Gasteiger partial charge in [0.1, 0.15) is 17.9 Å². The molecule has 0 atom stereocenters. The van der Waals surface area contributed by atoms with E-state index in [0.717, 1.165) is 29.9 Å². The van der Waals surface area contributed by atoms with Crippen molar-refractivity contribution in [3.8, 4) is 5.75 Å². The van der Waals surface area contributed by atoms with Crippen LogP contribution in [0.4, 0.5) is 0 Å². The fraction of sp³-hybridized carbons (Fsp3) is 0.0435. The Kier molecular flexibility index (Phi) is 6.89. The number of rotatable bonds is 6. The van der Waals surface area contributed by atoms with Crippen molar-refractivity contribution in [3.63, 3.8) is 0 Å². The SMILES string of the molecule is O=C(N/N=C\c1ccccc1OCc1ccc(Br)cc1)c1cc2cc(Br)cc(Br)c2o1. The number of nitrogens with one attached hydrogen (secondary N) is 1. The molecule has 156 valence electrons. The second-order valence-electron chi connectivity index (χ2n) is 6.57. The van der Waals surface area contributed by atoms with Gasteiger partial charge in [-0.2, -0.15) is 5.10 Å². The standard InChI is InChI=1S/C23H15Br3N2O3/c24-17-7-5-14(6-8-17)13-30-20-4-2-1-3-15(20)12-27-28-23(29)21-10-16-9-18(25)11-19(26)22(16)31-21/h1-12H,13H2,(H,28,29)/b27-12-. The highest BCUT2D eigenvalue weighted by Crippen LogP contribution is 2.31. The fourth-order valence-electron chi connectivity index (χ4n) is 2.86. The number of amides is 1. The zero-order valence-electron chi connectivity index (χ0n) is 15.9. The summed E-state index contributed by atoms with van der Waals surface area (Å²) < 4.78 is 14.2. The van der Waals surface area contributed by atoms with Gasteiger partial charge in [0.25, 0.3) is 0 Å². The predicted octanol–water partition coefficient (Wildman–Crippen LogP) is 7.06. The molecular weight excluding hydrogens is 592 g/mol. The van der Waals surface area contributed by atoms with Gasteiger partial charge < -0.3 is 9.15 Å². The Morgan fingerprint density at radius 2 is 1.77 bits per heavy atom. The number of hydrazone groups is 1. The maximum Gasteiger partial charge on any atom is 0.307 e. The molecule has 0 spiro atoms. The molecule has 1 N–H and O–H groups in total. The summed E-state index contributed by atoms with van der Waals surface area (Å²) in [4.78, 5) is 12.4. The van der Waals surface area contributed by atoms with Gasteiger partial charge in [0.05, 0.1) is 10.7 Å². The lowest BCUT2D eigenvalue weighted by atomic mass is 10.2. The Morgan fingerprint density at radius 3 is 2.58 bits per heavy atom. The van der Waals surface area contributed by atoms with Gasteiger partial charge in [-0.25, -0.2) is 5.43 Å². The normalized spacial score (nSPS) is 11.2. The van der Waals surface area contributed by atoms with Crippen LogP contribution in [0, 0.1) is 0 Å². The molecule has 0 radical (unpaired) electrons. The quantitative estimate of drug-likeness (QED) is 0.189. The Balaban J connectivity index is 1.43. The van der Waals surface area contributed by atoms with Crippen LogP contribution in [0.25, 0.3) is 11.0 Å². The van der Waals surface area contributed by atoms with E-state index in [1.807, 2.05) is 60.7 Å². The molecule has 1 heterocycles. The fourth-order valence-corrected chi connectivity index (χ4v) is 4.47. The summed E-state index contributed by atoms with van der Waals surface area (Å²) in [5, 5.41) is 4.87. The van der Waals surface area contributed by atoms with Crippen molar-refractivity contribution in [2.75, 3.05) is 0 Å². The van der Waals surface area contributed by atoms with E-state index in [1.54, 1.807) is 12.3 Å². The van der Waals surface area contributed by atoms with Gasteiger partial charge in [-0.15, -0.1) is 0 Å². The molecule has 31 heavy (non-hydrogen) atoms. The minimum atomic E-state index is -0.441. The molecule has 8 heteroatoms. The number of furan rings is 1. The van der Waals surface area contributed by atoms with Crippen LogP contribution in [0.3, 0.4) is 0 Å². The Morgan fingerprint density at radius 1 is 1.00 bits per heavy atom. The number of fused-ring (bicyclic) bond motifs is 1. The molecule has 3 aromatic carbocycles. The van der Waals surface area contributed by atoms with E-state index in [2.05, 4.69) is 58.3 Å². The molecule has 4 aromatic rings. The lowest BCUT2D eigenvalue weighted by molar-refractivity contribution is 0.0929. The molecule has 0 fully saturated rings. The summed E-state index contributed by atoms with van der Waals surface area (Å²) in [6.45, 7) is 0.425. The first-order chi connectivity index (χ1) is 15.0. The van der Waals surface area contributed by atoms with E-state index in [-0.39, 0.29) is 5.76 Å². The summed E-state index contributed by atoms with van der Waals surface area (Å²) in [5.41, 5.74) is 4.89. The lowest BCUT2D eigenvalue weighted by Gasteiger charge is -2.09. The number of carbonyl (C=O) groups excluding carboxylic acids is 1. The molecule has 1 aromatic heterocycles. The number of nitrogens with zero attached hydrogens (tertiary/aromatic N) is 1. The number of hydrogen-bond donors (Lipinski definition) is 1. The molecule has 1 amide bonds. The van der Waals surface area contributed by atoms with Crippen LogP contribution in [0.1, 0.15) is 21.7 Å². The third-order valence-corrected chi connectivity index (χ3v) is 5.93. The van der Waals surface area contributed by atoms with E-state index >= 15 is 0 Å². The van der Waals surface area contributed by atoms with Crippen LogP contribution in [0.2, 0.25) is 0 Å². The summed E-state index contributed by atoms with van der Waals surface area (Å²) in [6.07, 6.45) is 1.55. The van der Waals surface area contributed by atoms with E-state index in [4.69, 9.17) is 9.15 Å². The Bertz CT molecular complexity index is 1270. The first-order valence-electron chi connectivity index (χ1n) is 9.18. The molecule has 0 bridgehead atoms. The molecule has 0 aliphatic heterocycles. The van der Waals surface area contributed by atoms with Crippen LogP contribution >= 0.6 is 47.8 Å². The van der Waals surface area contributed by atoms with Gasteiger partial charge in [0.2, 0.25) is 0 Å². The summed E-state index contributed by atoms with van der Waals surface area (Å²) in [7, 11) is 0. The van der Waals surface area contributed by atoms with Gasteiger partial charge >= 0.3 is 5.91 Å². The number of hydrogen-bond acceptors (Lipinski definition) is 4. The van der Waals surface area contributed by atoms with Gasteiger partial charge in [-0.3, -0.25) is 4.79 Å². The minimum absolute atomic E-state index is 0.172. The van der Waals surface area contributed by atoms with Crippen molar-refractivity contribution >= 4 is 70.9 Å². The van der Waals surface area contributed by atoms with Crippen molar-refractivity contribution in [2.45, 2.75) is 6.61 Å². The first kappa shape index (κ1) is 21.8. The maximum atomic E-state index is 12.4. The van der Waals surface area contributed by atoms with Gasteiger partial charge in [0, 0.05) is 19.9 Å². The number of para-hydroxylation sites is 1. The van der Waals surface area contributed by atoms with Crippen LogP contribution in [-0.2, 0) is 6.61 Å². The smallest absolute Gasteiger partial charge is 0.307 e. The monoisotopic (exact) mass is 604 g/mol. The van der Waals surface area contributed by atoms with E-state index in [0.29, 0.717) is 17.9 Å². The van der Waals surface area contributed by atoms with Gasteiger partial charge in [-0.1, -0.05) is 56.1 Å². The van der Waals surface area contributed by atoms with Crippen molar-refractivity contribution < 1.29 is 13.9 Å². The summed E-state index contributed by atoms with van der Waals surface area (Å²) in [5.74, 6) is 0.399. The van der Waals surface area contributed by atoms with Crippen molar-refractivity contribution in [3.05, 3.63) is 97.0 Å². The van der Waals surface area contributed by atoms with Crippen molar-refractivity contribution in [2.24, 2.45) is 5.10 Å². The van der Waals surface area contributed by atoms with Crippen molar-refractivity contribution in [1.29, 1.82) is 0 Å². The topological polar surface area (TPSA) is 63.8 Å². The largest absolute Gasteiger partial charge is 0.488 e. The molecule has 0 aliphatic rings. The molecule has 0 saturated heterocycles. The maximum absolute atomic E-state index is 12.4. The number of benzene rings is 3. The molecular formula is C23H15Br3N2O3. The third-order valence-electron chi connectivity index (χ3n) is 4.36. The number of halogens is 3. The second-order valence-corrected chi connectivity index (χ2v) is 9.25. The molecule has 4 rings (SSSR count).